The molecule has 2 N–H and O–H groups in total. The fraction of sp³-hybridized carbons (Fsp3) is 0.667. The zero-order valence-corrected chi connectivity index (χ0v) is 12.3. The molecule has 1 saturated carbocycles. The quantitative estimate of drug-likeness (QED) is 0.838. The van der Waals surface area contributed by atoms with E-state index in [2.05, 4.69) is 4.72 Å². The van der Waals surface area contributed by atoms with Crippen molar-refractivity contribution in [2.45, 2.75) is 42.9 Å². The average molecular weight is 289 g/mol. The lowest BCUT2D eigenvalue weighted by Crippen LogP contribution is -2.44. The molecule has 0 aromatic carbocycles. The summed E-state index contributed by atoms with van der Waals surface area (Å²) in [6, 6.07) is 3.38. The largest absolute Gasteiger partial charge is 0.396 e. The van der Waals surface area contributed by atoms with Crippen LogP contribution in [0.2, 0.25) is 0 Å². The molecule has 18 heavy (non-hydrogen) atoms. The van der Waals surface area contributed by atoms with Crippen molar-refractivity contribution < 1.29 is 13.5 Å². The van der Waals surface area contributed by atoms with E-state index in [-0.39, 0.29) is 12.1 Å². The Hall–Kier alpha value is -0.430. The Morgan fingerprint density at radius 3 is 2.67 bits per heavy atom. The highest BCUT2D eigenvalue weighted by Crippen LogP contribution is 2.40. The van der Waals surface area contributed by atoms with Crippen LogP contribution in [0.4, 0.5) is 0 Å². The number of aliphatic hydroxyl groups excluding tert-OH is 1. The van der Waals surface area contributed by atoms with Crippen LogP contribution in [-0.4, -0.2) is 25.7 Å². The van der Waals surface area contributed by atoms with Crippen molar-refractivity contribution in [3.63, 3.8) is 0 Å². The second-order valence-electron chi connectivity index (χ2n) is 5.30. The molecule has 4 nitrogen and oxygen atoms in total. The highest BCUT2D eigenvalue weighted by atomic mass is 32.2. The zero-order chi connectivity index (χ0) is 13.4. The van der Waals surface area contributed by atoms with Gasteiger partial charge in [-0.1, -0.05) is 0 Å². The Bertz CT molecular complexity index is 515. The molecule has 1 aromatic rings. The highest BCUT2D eigenvalue weighted by Gasteiger charge is 2.40. The van der Waals surface area contributed by atoms with Gasteiger partial charge in [0.15, 0.2) is 0 Å². The van der Waals surface area contributed by atoms with E-state index >= 15 is 0 Å². The van der Waals surface area contributed by atoms with E-state index in [1.165, 1.54) is 11.3 Å². The van der Waals surface area contributed by atoms with Crippen LogP contribution in [0.1, 0.15) is 31.6 Å². The van der Waals surface area contributed by atoms with Crippen LogP contribution in [0.25, 0.3) is 0 Å². The van der Waals surface area contributed by atoms with Crippen LogP contribution in [0.5, 0.6) is 0 Å². The van der Waals surface area contributed by atoms with Crippen LogP contribution in [0, 0.1) is 5.92 Å². The van der Waals surface area contributed by atoms with E-state index in [0.29, 0.717) is 16.5 Å². The van der Waals surface area contributed by atoms with Gasteiger partial charge < -0.3 is 5.11 Å². The van der Waals surface area contributed by atoms with Crippen molar-refractivity contribution in [2.75, 3.05) is 6.61 Å². The molecule has 102 valence electrons. The Balaban J connectivity index is 2.14. The van der Waals surface area contributed by atoms with Crippen molar-refractivity contribution in [2.24, 2.45) is 5.92 Å². The number of hydrogen-bond acceptors (Lipinski definition) is 4. The van der Waals surface area contributed by atoms with Crippen molar-refractivity contribution in [1.82, 2.24) is 4.72 Å². The number of sulfonamides is 1. The number of thiophene rings is 1. The predicted molar refractivity (Wildman–Crippen MR) is 72.2 cm³/mol. The summed E-state index contributed by atoms with van der Waals surface area (Å²) in [5.41, 5.74) is -0.375. The minimum atomic E-state index is -3.43. The molecule has 0 aliphatic heterocycles. The van der Waals surface area contributed by atoms with Gasteiger partial charge in [-0.3, -0.25) is 0 Å². The Morgan fingerprint density at radius 2 is 2.11 bits per heavy atom. The molecule has 1 aromatic heterocycles. The standard InChI is InChI=1S/C12H19NO3S2/c1-12(2,9-3-4-9)13-18(15,16)11-6-5-10(17-11)7-8-14/h5-6,9,13-14H,3-4,7-8H2,1-2H3. The smallest absolute Gasteiger partial charge is 0.250 e. The third-order valence-electron chi connectivity index (χ3n) is 3.26. The molecule has 0 spiro atoms. The first-order chi connectivity index (χ1) is 8.35. The third-order valence-corrected chi connectivity index (χ3v) is 6.56. The average Bonchev–Trinajstić information content (AvgIpc) is 2.99. The summed E-state index contributed by atoms with van der Waals surface area (Å²) < 4.78 is 27.6. The fourth-order valence-electron chi connectivity index (χ4n) is 2.03. The van der Waals surface area contributed by atoms with Gasteiger partial charge in [0.05, 0.1) is 0 Å². The zero-order valence-electron chi connectivity index (χ0n) is 10.6. The first-order valence-corrected chi connectivity index (χ1v) is 8.39. The lowest BCUT2D eigenvalue weighted by atomic mass is 10.0. The monoisotopic (exact) mass is 289 g/mol. The molecule has 0 radical (unpaired) electrons. The lowest BCUT2D eigenvalue weighted by molar-refractivity contribution is 0.300. The maximum absolute atomic E-state index is 12.2. The Labute approximate surface area is 112 Å². The van der Waals surface area contributed by atoms with Crippen LogP contribution < -0.4 is 4.72 Å². The van der Waals surface area contributed by atoms with E-state index in [1.807, 2.05) is 13.8 Å². The molecule has 0 amide bonds. The topological polar surface area (TPSA) is 66.4 Å². The first kappa shape index (κ1) is 14.0. The summed E-state index contributed by atoms with van der Waals surface area (Å²) >= 11 is 1.23. The minimum absolute atomic E-state index is 0.0427. The number of nitrogens with one attached hydrogen (secondary N) is 1. The summed E-state index contributed by atoms with van der Waals surface area (Å²) in [7, 11) is -3.43. The van der Waals surface area contributed by atoms with Gasteiger partial charge in [0.2, 0.25) is 0 Å². The normalized spacial score (nSPS) is 17.1. The van der Waals surface area contributed by atoms with Crippen LogP contribution in [-0.2, 0) is 16.4 Å². The van der Waals surface area contributed by atoms with Crippen molar-refractivity contribution in [1.29, 1.82) is 0 Å². The molecule has 6 heteroatoms. The van der Waals surface area contributed by atoms with Gasteiger partial charge in [0.25, 0.3) is 10.0 Å². The lowest BCUT2D eigenvalue weighted by Gasteiger charge is -2.25. The molecule has 1 fully saturated rings. The van der Waals surface area contributed by atoms with Gasteiger partial charge in [-0.05, 0) is 44.7 Å². The molecule has 0 bridgehead atoms. The molecule has 1 aliphatic carbocycles. The molecule has 1 heterocycles. The summed E-state index contributed by atoms with van der Waals surface area (Å²) in [6.07, 6.45) is 2.69. The molecule has 0 atom stereocenters. The second kappa shape index (κ2) is 4.92. The maximum Gasteiger partial charge on any atom is 0.250 e. The Kier molecular flexibility index (Phi) is 3.82. The number of hydrogen-bond donors (Lipinski definition) is 2. The minimum Gasteiger partial charge on any atom is -0.396 e. The van der Waals surface area contributed by atoms with Gasteiger partial charge in [0, 0.05) is 23.4 Å². The molecular weight excluding hydrogens is 270 g/mol. The van der Waals surface area contributed by atoms with Crippen molar-refractivity contribution >= 4 is 21.4 Å². The van der Waals surface area contributed by atoms with Gasteiger partial charge in [-0.25, -0.2) is 13.1 Å². The van der Waals surface area contributed by atoms with Gasteiger partial charge in [0.1, 0.15) is 4.21 Å². The van der Waals surface area contributed by atoms with Gasteiger partial charge in [-0.15, -0.1) is 11.3 Å². The van der Waals surface area contributed by atoms with Gasteiger partial charge in [-0.2, -0.15) is 0 Å². The SMILES string of the molecule is CC(C)(NS(=O)(=O)c1ccc(CCO)s1)C1CC1. The molecular formula is C12H19NO3S2. The third kappa shape index (κ3) is 3.12. The summed E-state index contributed by atoms with van der Waals surface area (Å²) in [5, 5.41) is 8.84. The number of aliphatic hydroxyl groups is 1. The highest BCUT2D eigenvalue weighted by molar-refractivity contribution is 7.91. The van der Waals surface area contributed by atoms with Crippen LogP contribution in [0.3, 0.4) is 0 Å². The summed E-state index contributed by atoms with van der Waals surface area (Å²) in [6.45, 7) is 3.91. The van der Waals surface area contributed by atoms with Crippen molar-refractivity contribution in [3.05, 3.63) is 17.0 Å². The van der Waals surface area contributed by atoms with E-state index < -0.39 is 10.0 Å². The fourth-order valence-corrected chi connectivity index (χ4v) is 4.85. The maximum atomic E-state index is 12.2. The molecule has 1 aliphatic rings. The predicted octanol–water partition coefficient (Wildman–Crippen LogP) is 1.75. The van der Waals surface area contributed by atoms with Crippen molar-refractivity contribution in [3.8, 4) is 0 Å². The summed E-state index contributed by atoms with van der Waals surface area (Å²) in [4.78, 5) is 0.891. The Morgan fingerprint density at radius 1 is 1.44 bits per heavy atom. The molecule has 0 unspecified atom stereocenters. The van der Waals surface area contributed by atoms with E-state index in [9.17, 15) is 8.42 Å². The molecule has 2 rings (SSSR count). The summed E-state index contributed by atoms with van der Waals surface area (Å²) in [5.74, 6) is 0.448. The van der Waals surface area contributed by atoms with Crippen LogP contribution in [0.15, 0.2) is 16.3 Å². The van der Waals surface area contributed by atoms with Crippen LogP contribution >= 0.6 is 11.3 Å². The number of rotatable bonds is 6. The van der Waals surface area contributed by atoms with Gasteiger partial charge >= 0.3 is 0 Å². The van der Waals surface area contributed by atoms with E-state index in [1.54, 1.807) is 12.1 Å². The van der Waals surface area contributed by atoms with E-state index in [0.717, 1.165) is 17.7 Å². The second-order valence-corrected chi connectivity index (χ2v) is 8.37. The molecule has 0 saturated heterocycles. The van der Waals surface area contributed by atoms with E-state index in [4.69, 9.17) is 5.11 Å². The first-order valence-electron chi connectivity index (χ1n) is 6.09.